The number of rotatable bonds is 7. The van der Waals surface area contributed by atoms with Crippen molar-refractivity contribution in [3.8, 4) is 5.75 Å². The van der Waals surface area contributed by atoms with E-state index < -0.39 is 0 Å². The number of ether oxygens (including phenoxy) is 1. The van der Waals surface area contributed by atoms with E-state index in [1.807, 2.05) is 35.2 Å². The van der Waals surface area contributed by atoms with Crippen LogP contribution in [-0.4, -0.2) is 67.5 Å². The van der Waals surface area contributed by atoms with Crippen molar-refractivity contribution in [3.05, 3.63) is 30.3 Å². The lowest BCUT2D eigenvalue weighted by molar-refractivity contribution is -0.148. The zero-order chi connectivity index (χ0) is 21.3. The van der Waals surface area contributed by atoms with Crippen molar-refractivity contribution < 1.29 is 14.3 Å². The zero-order valence-electron chi connectivity index (χ0n) is 18.4. The third-order valence-corrected chi connectivity index (χ3v) is 8.06. The van der Waals surface area contributed by atoms with Gasteiger partial charge in [0.1, 0.15) is 12.4 Å². The van der Waals surface area contributed by atoms with Gasteiger partial charge in [0.05, 0.1) is 6.54 Å². The SMILES string of the molecule is O=C(CNC(=O)C12CC3CC(CC(C3)C1)C2)N1CCN(CCOc2ccccc2)CC1. The maximum atomic E-state index is 13.1. The van der Waals surface area contributed by atoms with E-state index in [1.165, 1.54) is 19.3 Å². The molecule has 1 aromatic rings. The number of nitrogens with zero attached hydrogens (tertiary/aromatic N) is 2. The highest BCUT2D eigenvalue weighted by molar-refractivity contribution is 5.88. The first-order valence-electron chi connectivity index (χ1n) is 12.1. The van der Waals surface area contributed by atoms with Crippen LogP contribution in [0.25, 0.3) is 0 Å². The highest BCUT2D eigenvalue weighted by Crippen LogP contribution is 2.60. The van der Waals surface area contributed by atoms with E-state index in [4.69, 9.17) is 4.74 Å². The molecule has 6 nitrogen and oxygen atoms in total. The molecule has 6 heteroatoms. The minimum Gasteiger partial charge on any atom is -0.492 e. The molecule has 1 heterocycles. The lowest BCUT2D eigenvalue weighted by atomic mass is 9.49. The molecule has 4 aliphatic carbocycles. The van der Waals surface area contributed by atoms with Crippen LogP contribution in [0.15, 0.2) is 30.3 Å². The number of hydrogen-bond donors (Lipinski definition) is 1. The smallest absolute Gasteiger partial charge is 0.242 e. The number of para-hydroxylation sites is 1. The second kappa shape index (κ2) is 8.81. The van der Waals surface area contributed by atoms with Gasteiger partial charge in [0.25, 0.3) is 0 Å². The summed E-state index contributed by atoms with van der Waals surface area (Å²) in [7, 11) is 0. The van der Waals surface area contributed by atoms with Gasteiger partial charge >= 0.3 is 0 Å². The lowest BCUT2D eigenvalue weighted by Crippen LogP contribution is -2.56. The largest absolute Gasteiger partial charge is 0.492 e. The summed E-state index contributed by atoms with van der Waals surface area (Å²) in [5.74, 6) is 3.32. The normalized spacial score (nSPS) is 32.1. The predicted octanol–water partition coefficient (Wildman–Crippen LogP) is 2.54. The molecule has 6 rings (SSSR count). The molecule has 4 saturated carbocycles. The second-order valence-corrected chi connectivity index (χ2v) is 10.3. The van der Waals surface area contributed by atoms with Crippen molar-refractivity contribution in [2.24, 2.45) is 23.2 Å². The van der Waals surface area contributed by atoms with E-state index >= 15 is 0 Å². The molecule has 168 valence electrons. The van der Waals surface area contributed by atoms with Gasteiger partial charge in [0, 0.05) is 38.1 Å². The van der Waals surface area contributed by atoms with Crippen molar-refractivity contribution in [2.75, 3.05) is 45.9 Å². The lowest BCUT2D eigenvalue weighted by Gasteiger charge is -2.55. The fraction of sp³-hybridized carbons (Fsp3) is 0.680. The van der Waals surface area contributed by atoms with Gasteiger partial charge in [-0.05, 0) is 68.4 Å². The monoisotopic (exact) mass is 425 g/mol. The number of carbonyl (C=O) groups is 2. The van der Waals surface area contributed by atoms with Crippen LogP contribution in [0.5, 0.6) is 5.75 Å². The second-order valence-electron chi connectivity index (χ2n) is 10.3. The first kappa shape index (κ1) is 20.8. The molecular formula is C25H35N3O3. The molecule has 5 aliphatic rings. The summed E-state index contributed by atoms with van der Waals surface area (Å²) in [6, 6.07) is 9.86. The average molecular weight is 426 g/mol. The molecule has 0 radical (unpaired) electrons. The summed E-state index contributed by atoms with van der Waals surface area (Å²) >= 11 is 0. The molecule has 0 aromatic heterocycles. The standard InChI is InChI=1S/C25H35N3O3/c29-23(18-26-24(30)25-15-19-12-20(16-25)14-21(13-19)17-25)28-8-6-27(7-9-28)10-11-31-22-4-2-1-3-5-22/h1-5,19-21H,6-18H2,(H,26,30). The van der Waals surface area contributed by atoms with E-state index in [-0.39, 0.29) is 23.8 Å². The van der Waals surface area contributed by atoms with Gasteiger partial charge in [-0.3, -0.25) is 14.5 Å². The van der Waals surface area contributed by atoms with Crippen LogP contribution in [0.1, 0.15) is 38.5 Å². The molecule has 1 aromatic carbocycles. The number of benzene rings is 1. The van der Waals surface area contributed by atoms with Crippen LogP contribution >= 0.6 is 0 Å². The van der Waals surface area contributed by atoms with E-state index in [0.717, 1.165) is 75.5 Å². The van der Waals surface area contributed by atoms with Gasteiger partial charge in [-0.2, -0.15) is 0 Å². The van der Waals surface area contributed by atoms with E-state index in [2.05, 4.69) is 10.2 Å². The molecule has 2 amide bonds. The van der Waals surface area contributed by atoms with Crippen LogP contribution in [0.3, 0.4) is 0 Å². The van der Waals surface area contributed by atoms with Crippen LogP contribution in [0, 0.1) is 23.2 Å². The van der Waals surface area contributed by atoms with Crippen molar-refractivity contribution in [1.82, 2.24) is 15.1 Å². The van der Waals surface area contributed by atoms with E-state index in [0.29, 0.717) is 6.61 Å². The molecule has 5 fully saturated rings. The molecule has 1 N–H and O–H groups in total. The minimum atomic E-state index is -0.174. The van der Waals surface area contributed by atoms with Crippen molar-refractivity contribution in [2.45, 2.75) is 38.5 Å². The highest BCUT2D eigenvalue weighted by atomic mass is 16.5. The van der Waals surface area contributed by atoms with Crippen molar-refractivity contribution >= 4 is 11.8 Å². The number of carbonyl (C=O) groups excluding carboxylic acids is 2. The van der Waals surface area contributed by atoms with Gasteiger partial charge in [-0.15, -0.1) is 0 Å². The number of hydrogen-bond acceptors (Lipinski definition) is 4. The Labute approximate surface area is 185 Å². The average Bonchev–Trinajstić information content (AvgIpc) is 2.77. The molecule has 0 atom stereocenters. The number of amides is 2. The third-order valence-electron chi connectivity index (χ3n) is 8.06. The van der Waals surface area contributed by atoms with Crippen LogP contribution in [0.2, 0.25) is 0 Å². The van der Waals surface area contributed by atoms with E-state index in [9.17, 15) is 9.59 Å². The summed E-state index contributed by atoms with van der Waals surface area (Å²) in [6.07, 6.45) is 7.11. The van der Waals surface area contributed by atoms with Crippen LogP contribution in [0.4, 0.5) is 0 Å². The van der Waals surface area contributed by atoms with Crippen LogP contribution in [-0.2, 0) is 9.59 Å². The third kappa shape index (κ3) is 4.59. The van der Waals surface area contributed by atoms with E-state index in [1.54, 1.807) is 0 Å². The zero-order valence-corrected chi connectivity index (χ0v) is 18.4. The van der Waals surface area contributed by atoms with Gasteiger partial charge in [0.15, 0.2) is 0 Å². The summed E-state index contributed by atoms with van der Waals surface area (Å²) in [5, 5.41) is 3.04. The fourth-order valence-electron chi connectivity index (χ4n) is 6.87. The molecule has 1 saturated heterocycles. The predicted molar refractivity (Wildman–Crippen MR) is 119 cm³/mol. The first-order chi connectivity index (χ1) is 15.1. The molecular weight excluding hydrogens is 390 g/mol. The summed E-state index contributed by atoms with van der Waals surface area (Å²) in [4.78, 5) is 30.0. The Morgan fingerprint density at radius 3 is 2.16 bits per heavy atom. The Balaban J connectivity index is 1.03. The Morgan fingerprint density at radius 1 is 0.935 bits per heavy atom. The quantitative estimate of drug-likeness (QED) is 0.729. The van der Waals surface area contributed by atoms with Gasteiger partial charge < -0.3 is 15.0 Å². The Hall–Kier alpha value is -2.08. The minimum absolute atomic E-state index is 0.0539. The first-order valence-corrected chi connectivity index (χ1v) is 12.1. The summed E-state index contributed by atoms with van der Waals surface area (Å²) < 4.78 is 5.78. The van der Waals surface area contributed by atoms with Crippen molar-refractivity contribution in [1.29, 1.82) is 0 Å². The maximum Gasteiger partial charge on any atom is 0.242 e. The Kier molecular flexibility index (Phi) is 5.91. The molecule has 31 heavy (non-hydrogen) atoms. The Bertz CT molecular complexity index is 753. The summed E-state index contributed by atoms with van der Waals surface area (Å²) in [5.41, 5.74) is -0.174. The fourth-order valence-corrected chi connectivity index (χ4v) is 6.87. The van der Waals surface area contributed by atoms with Crippen molar-refractivity contribution in [3.63, 3.8) is 0 Å². The topological polar surface area (TPSA) is 61.9 Å². The maximum absolute atomic E-state index is 13.1. The number of piperazine rings is 1. The molecule has 4 bridgehead atoms. The van der Waals surface area contributed by atoms with Crippen LogP contribution < -0.4 is 10.1 Å². The highest BCUT2D eigenvalue weighted by Gasteiger charge is 2.54. The van der Waals surface area contributed by atoms with Gasteiger partial charge in [-0.25, -0.2) is 0 Å². The molecule has 0 unspecified atom stereocenters. The molecule has 1 aliphatic heterocycles. The number of nitrogens with one attached hydrogen (secondary N) is 1. The summed E-state index contributed by atoms with van der Waals surface area (Å²) in [6.45, 7) is 4.81. The molecule has 0 spiro atoms. The van der Waals surface area contributed by atoms with Gasteiger partial charge in [-0.1, -0.05) is 18.2 Å². The van der Waals surface area contributed by atoms with Gasteiger partial charge in [0.2, 0.25) is 11.8 Å². The Morgan fingerprint density at radius 2 is 1.55 bits per heavy atom.